The third-order valence-electron chi connectivity index (χ3n) is 8.42. The zero-order valence-corrected chi connectivity index (χ0v) is 23.8. The van der Waals surface area contributed by atoms with Crippen molar-refractivity contribution in [1.29, 1.82) is 0 Å². The van der Waals surface area contributed by atoms with Crippen LogP contribution >= 0.6 is 0 Å². The molecular weight excluding hydrogens is 508 g/mol. The van der Waals surface area contributed by atoms with E-state index in [0.717, 1.165) is 5.56 Å². The molecule has 0 saturated carbocycles. The highest BCUT2D eigenvalue weighted by Crippen LogP contribution is 2.56. The van der Waals surface area contributed by atoms with E-state index >= 15 is 0 Å². The van der Waals surface area contributed by atoms with Gasteiger partial charge in [-0.05, 0) is 38.7 Å². The number of ether oxygens (including phenoxy) is 2. The number of esters is 2. The topological polar surface area (TPSA) is 85.4 Å². The number of hydroxylamine groups is 2. The first-order valence-electron chi connectivity index (χ1n) is 14.2. The van der Waals surface area contributed by atoms with Crippen LogP contribution in [0.4, 0.5) is 0 Å². The Morgan fingerprint density at radius 2 is 1.62 bits per heavy atom. The average Bonchev–Trinajstić information content (AvgIpc) is 3.39. The zero-order chi connectivity index (χ0) is 28.6. The van der Waals surface area contributed by atoms with Gasteiger partial charge in [0.05, 0.1) is 18.8 Å². The van der Waals surface area contributed by atoms with Crippen LogP contribution in [0.5, 0.6) is 0 Å². The van der Waals surface area contributed by atoms with E-state index < -0.39 is 29.4 Å². The molecule has 5 rings (SSSR count). The van der Waals surface area contributed by atoms with Crippen molar-refractivity contribution in [2.45, 2.75) is 65.2 Å². The Labute approximate surface area is 235 Å². The maximum Gasteiger partial charge on any atom is 0.339 e. The number of rotatable bonds is 8. The molecule has 0 spiro atoms. The van der Waals surface area contributed by atoms with E-state index in [0.29, 0.717) is 29.9 Å². The fraction of sp³-hybridized carbons (Fsp3) is 0.469. The van der Waals surface area contributed by atoms with Crippen molar-refractivity contribution >= 4 is 23.6 Å². The zero-order valence-electron chi connectivity index (χ0n) is 23.8. The number of hydrogen-bond acceptors (Lipinski definition) is 7. The first-order chi connectivity index (χ1) is 19.2. The molecule has 8 heteroatoms. The van der Waals surface area contributed by atoms with E-state index in [1.54, 1.807) is 18.9 Å². The van der Waals surface area contributed by atoms with Gasteiger partial charge in [0.25, 0.3) is 0 Å². The van der Waals surface area contributed by atoms with Gasteiger partial charge in [0.15, 0.2) is 5.76 Å². The number of likely N-dealkylation sites (tertiary alicyclic amines) is 1. The summed E-state index contributed by atoms with van der Waals surface area (Å²) in [6, 6.07) is 18.1. The molecule has 40 heavy (non-hydrogen) atoms. The molecule has 1 unspecified atom stereocenters. The SMILES string of the molecule is CCOC(=O)C1=C(c2ccccc2)ON2[C@@H](C(=O)OCC)[C@@H]3[C@@H](CC12C)C(=O)N(Cc1ccccc1)[C@H]3C(C)C. The van der Waals surface area contributed by atoms with Gasteiger partial charge in [0, 0.05) is 30.0 Å². The van der Waals surface area contributed by atoms with Gasteiger partial charge < -0.3 is 19.2 Å². The summed E-state index contributed by atoms with van der Waals surface area (Å²) in [5, 5.41) is 1.63. The normalized spacial score (nSPS) is 27.9. The highest BCUT2D eigenvalue weighted by molar-refractivity contribution is 6.00. The minimum atomic E-state index is -1.09. The van der Waals surface area contributed by atoms with E-state index in [9.17, 15) is 14.4 Å². The van der Waals surface area contributed by atoms with Gasteiger partial charge in [-0.2, -0.15) is 0 Å². The molecule has 2 aromatic carbocycles. The van der Waals surface area contributed by atoms with Crippen molar-refractivity contribution in [1.82, 2.24) is 9.96 Å². The summed E-state index contributed by atoms with van der Waals surface area (Å²) in [7, 11) is 0. The minimum absolute atomic E-state index is 0.0147. The quantitative estimate of drug-likeness (QED) is 0.448. The lowest BCUT2D eigenvalue weighted by Crippen LogP contribution is -2.63. The molecule has 3 aliphatic heterocycles. The first-order valence-corrected chi connectivity index (χ1v) is 14.2. The second-order valence-corrected chi connectivity index (χ2v) is 11.3. The predicted octanol–water partition coefficient (Wildman–Crippen LogP) is 4.60. The number of piperidine rings is 1. The van der Waals surface area contributed by atoms with Crippen molar-refractivity contribution in [3.05, 3.63) is 77.4 Å². The fourth-order valence-corrected chi connectivity index (χ4v) is 6.89. The van der Waals surface area contributed by atoms with Gasteiger partial charge in [-0.1, -0.05) is 74.5 Å². The van der Waals surface area contributed by atoms with Crippen LogP contribution in [0.3, 0.4) is 0 Å². The Morgan fingerprint density at radius 1 is 1.00 bits per heavy atom. The van der Waals surface area contributed by atoms with Gasteiger partial charge >= 0.3 is 11.9 Å². The molecule has 1 amide bonds. The standard InChI is InChI=1S/C32H38N2O6/c1-6-38-30(36)25-28(22-16-12-9-13-17-22)40-34-27(31(37)39-7-2)24-23(18-32(25,34)5)29(35)33(26(24)20(3)4)19-21-14-10-8-11-15-21/h8-17,20,23-24,26-27H,6-7,18-19H2,1-5H3/t23-,24-,26+,27-,32?/m1/s1. The molecule has 0 bridgehead atoms. The lowest BCUT2D eigenvalue weighted by atomic mass is 9.68. The van der Waals surface area contributed by atoms with Gasteiger partial charge in [-0.25, -0.2) is 4.79 Å². The van der Waals surface area contributed by atoms with Crippen LogP contribution in [0.2, 0.25) is 0 Å². The summed E-state index contributed by atoms with van der Waals surface area (Å²) >= 11 is 0. The molecule has 212 valence electrons. The van der Waals surface area contributed by atoms with Crippen molar-refractivity contribution in [3.63, 3.8) is 0 Å². The minimum Gasteiger partial charge on any atom is -0.465 e. The maximum absolute atomic E-state index is 14.3. The van der Waals surface area contributed by atoms with Gasteiger partial charge in [0.2, 0.25) is 5.91 Å². The average molecular weight is 547 g/mol. The van der Waals surface area contributed by atoms with Crippen LogP contribution in [0.1, 0.15) is 52.2 Å². The molecule has 2 saturated heterocycles. The Morgan fingerprint density at radius 3 is 2.23 bits per heavy atom. The van der Waals surface area contributed by atoms with Crippen LogP contribution in [0, 0.1) is 17.8 Å². The Balaban J connectivity index is 1.64. The largest absolute Gasteiger partial charge is 0.465 e. The Hall–Kier alpha value is -3.65. The number of hydrogen-bond donors (Lipinski definition) is 0. The lowest BCUT2D eigenvalue weighted by Gasteiger charge is -2.48. The molecule has 0 aliphatic carbocycles. The molecule has 8 nitrogen and oxygen atoms in total. The van der Waals surface area contributed by atoms with Crippen LogP contribution in [-0.4, -0.2) is 58.6 Å². The molecule has 5 atom stereocenters. The highest BCUT2D eigenvalue weighted by atomic mass is 16.7. The molecular formula is C32H38N2O6. The summed E-state index contributed by atoms with van der Waals surface area (Å²) in [6.07, 6.45) is 0.311. The third-order valence-corrected chi connectivity index (χ3v) is 8.42. The molecule has 2 fully saturated rings. The van der Waals surface area contributed by atoms with Crippen LogP contribution in [0.25, 0.3) is 5.76 Å². The Bertz CT molecular complexity index is 1290. The summed E-state index contributed by atoms with van der Waals surface area (Å²) in [6.45, 7) is 10.4. The monoisotopic (exact) mass is 546 g/mol. The van der Waals surface area contributed by atoms with Crippen LogP contribution in [-0.2, 0) is 35.2 Å². The summed E-state index contributed by atoms with van der Waals surface area (Å²) < 4.78 is 11.1. The molecule has 0 N–H and O–H groups in total. The van der Waals surface area contributed by atoms with Crippen LogP contribution in [0.15, 0.2) is 66.2 Å². The second-order valence-electron chi connectivity index (χ2n) is 11.3. The highest BCUT2D eigenvalue weighted by Gasteiger charge is 2.67. The van der Waals surface area contributed by atoms with E-state index in [1.807, 2.05) is 72.5 Å². The number of carbonyl (C=O) groups is 3. The molecule has 0 aromatic heterocycles. The van der Waals surface area contributed by atoms with E-state index in [2.05, 4.69) is 13.8 Å². The number of fused-ring (bicyclic) bond motifs is 2. The summed E-state index contributed by atoms with van der Waals surface area (Å²) in [5.74, 6) is -1.46. The number of benzene rings is 2. The predicted molar refractivity (Wildman–Crippen MR) is 149 cm³/mol. The molecule has 3 heterocycles. The Kier molecular flexibility index (Phi) is 7.73. The number of amides is 1. The molecule has 0 radical (unpaired) electrons. The number of nitrogens with zero attached hydrogens (tertiary/aromatic N) is 2. The van der Waals surface area contributed by atoms with Crippen molar-refractivity contribution in [2.75, 3.05) is 13.2 Å². The maximum atomic E-state index is 14.3. The van der Waals surface area contributed by atoms with Gasteiger partial charge in [0.1, 0.15) is 11.6 Å². The number of carbonyl (C=O) groups excluding carboxylic acids is 3. The fourth-order valence-electron chi connectivity index (χ4n) is 6.89. The van der Waals surface area contributed by atoms with Crippen molar-refractivity contribution < 1.29 is 28.7 Å². The van der Waals surface area contributed by atoms with E-state index in [1.165, 1.54) is 0 Å². The second kappa shape index (κ2) is 11.1. The third kappa shape index (κ3) is 4.58. The van der Waals surface area contributed by atoms with Gasteiger partial charge in [-0.15, -0.1) is 5.06 Å². The van der Waals surface area contributed by atoms with Gasteiger partial charge in [-0.3, -0.25) is 9.59 Å². The lowest BCUT2D eigenvalue weighted by molar-refractivity contribution is -0.219. The smallest absolute Gasteiger partial charge is 0.339 e. The summed E-state index contributed by atoms with van der Waals surface area (Å²) in [5.41, 5.74) is 0.958. The van der Waals surface area contributed by atoms with E-state index in [4.69, 9.17) is 14.3 Å². The van der Waals surface area contributed by atoms with E-state index in [-0.39, 0.29) is 37.0 Å². The summed E-state index contributed by atoms with van der Waals surface area (Å²) in [4.78, 5) is 50.0. The van der Waals surface area contributed by atoms with Crippen molar-refractivity contribution in [3.8, 4) is 0 Å². The molecule has 2 aromatic rings. The van der Waals surface area contributed by atoms with Crippen LogP contribution < -0.4 is 0 Å². The molecule has 3 aliphatic rings. The first kappa shape index (κ1) is 27.9. The van der Waals surface area contributed by atoms with Crippen molar-refractivity contribution in [2.24, 2.45) is 17.8 Å².